The average Bonchev–Trinajstić information content (AvgIpc) is 2.63. The summed E-state index contributed by atoms with van der Waals surface area (Å²) in [4.78, 5) is 30.1. The van der Waals surface area contributed by atoms with Gasteiger partial charge in [-0.15, -0.1) is 0 Å². The first kappa shape index (κ1) is 18.9. The highest BCUT2D eigenvalue weighted by Gasteiger charge is 2.18. The van der Waals surface area contributed by atoms with Crippen LogP contribution in [-0.4, -0.2) is 28.6 Å². The molecule has 6 nitrogen and oxygen atoms in total. The van der Waals surface area contributed by atoms with Crippen LogP contribution in [0.5, 0.6) is 5.75 Å². The zero-order valence-electron chi connectivity index (χ0n) is 15.3. The number of carbonyl (C=O) groups is 1. The van der Waals surface area contributed by atoms with Crippen molar-refractivity contribution in [2.45, 2.75) is 26.4 Å². The first-order valence-electron chi connectivity index (χ1n) is 8.53. The first-order valence-corrected chi connectivity index (χ1v) is 8.91. The van der Waals surface area contributed by atoms with Crippen LogP contribution in [0.2, 0.25) is 5.02 Å². The van der Waals surface area contributed by atoms with Crippen molar-refractivity contribution in [1.82, 2.24) is 14.9 Å². The minimum atomic E-state index is -0.309. The van der Waals surface area contributed by atoms with Crippen LogP contribution in [0, 0.1) is 0 Å². The number of halogens is 1. The van der Waals surface area contributed by atoms with Crippen LogP contribution in [0.3, 0.4) is 0 Å². The Morgan fingerprint density at radius 2 is 2.00 bits per heavy atom. The molecule has 0 bridgehead atoms. The maximum atomic E-state index is 13.1. The van der Waals surface area contributed by atoms with E-state index in [1.807, 2.05) is 26.0 Å². The highest BCUT2D eigenvalue weighted by Crippen LogP contribution is 2.29. The fraction of sp³-hybridized carbons (Fsp3) is 0.250. The highest BCUT2D eigenvalue weighted by atomic mass is 35.5. The van der Waals surface area contributed by atoms with E-state index >= 15 is 0 Å². The molecule has 1 N–H and O–H groups in total. The molecule has 0 aliphatic heterocycles. The quantitative estimate of drug-likeness (QED) is 0.731. The molecular weight excluding hydrogens is 366 g/mol. The van der Waals surface area contributed by atoms with E-state index in [2.05, 4.69) is 10.3 Å². The van der Waals surface area contributed by atoms with E-state index < -0.39 is 0 Å². The Morgan fingerprint density at radius 1 is 1.26 bits per heavy atom. The number of ether oxygens (including phenoxy) is 1. The molecule has 7 heteroatoms. The molecule has 1 heterocycles. The molecule has 0 fully saturated rings. The van der Waals surface area contributed by atoms with Crippen LogP contribution in [0.1, 0.15) is 13.8 Å². The molecule has 0 aliphatic rings. The summed E-state index contributed by atoms with van der Waals surface area (Å²) < 4.78 is 6.78. The number of carbonyl (C=O) groups excluding carboxylic acids is 1. The lowest BCUT2D eigenvalue weighted by Crippen LogP contribution is -2.37. The number of aromatic nitrogens is 2. The zero-order valence-corrected chi connectivity index (χ0v) is 16.1. The minimum Gasteiger partial charge on any atom is -0.496 e. The second-order valence-electron chi connectivity index (χ2n) is 6.41. The summed E-state index contributed by atoms with van der Waals surface area (Å²) in [6, 6.07) is 12.1. The number of fused-ring (bicyclic) bond motifs is 1. The maximum Gasteiger partial charge on any atom is 0.262 e. The normalized spacial score (nSPS) is 11.0. The van der Waals surface area contributed by atoms with Crippen molar-refractivity contribution in [3.8, 4) is 17.1 Å². The van der Waals surface area contributed by atoms with Crippen LogP contribution >= 0.6 is 11.6 Å². The average molecular weight is 386 g/mol. The van der Waals surface area contributed by atoms with Gasteiger partial charge in [-0.05, 0) is 44.2 Å². The fourth-order valence-corrected chi connectivity index (χ4v) is 3.05. The number of amides is 1. The van der Waals surface area contributed by atoms with Crippen molar-refractivity contribution >= 4 is 28.4 Å². The lowest BCUT2D eigenvalue weighted by atomic mass is 10.1. The van der Waals surface area contributed by atoms with Gasteiger partial charge in [0, 0.05) is 11.1 Å². The molecule has 1 aromatic heterocycles. The summed E-state index contributed by atoms with van der Waals surface area (Å²) >= 11 is 6.07. The summed E-state index contributed by atoms with van der Waals surface area (Å²) in [5, 5.41) is 3.68. The first-order chi connectivity index (χ1) is 12.9. The van der Waals surface area contributed by atoms with Crippen LogP contribution in [0.25, 0.3) is 22.3 Å². The van der Waals surface area contributed by atoms with Gasteiger partial charge in [0.2, 0.25) is 5.91 Å². The SMILES string of the molecule is COc1ccccc1-c1nc2cc(Cl)ccc2c(=O)n1CC(=O)NC(C)C. The van der Waals surface area contributed by atoms with Gasteiger partial charge in [-0.25, -0.2) is 4.98 Å². The number of rotatable bonds is 5. The molecule has 0 atom stereocenters. The van der Waals surface area contributed by atoms with Crippen molar-refractivity contribution in [2.24, 2.45) is 0 Å². The van der Waals surface area contributed by atoms with Gasteiger partial charge in [-0.2, -0.15) is 0 Å². The lowest BCUT2D eigenvalue weighted by molar-refractivity contribution is -0.122. The van der Waals surface area contributed by atoms with Crippen LogP contribution in [0.4, 0.5) is 0 Å². The number of nitrogens with zero attached hydrogens (tertiary/aromatic N) is 2. The summed E-state index contributed by atoms with van der Waals surface area (Å²) in [5.41, 5.74) is 0.779. The van der Waals surface area contributed by atoms with Gasteiger partial charge >= 0.3 is 0 Å². The summed E-state index contributed by atoms with van der Waals surface area (Å²) in [5.74, 6) is 0.647. The van der Waals surface area contributed by atoms with Gasteiger partial charge in [0.1, 0.15) is 18.1 Å². The Bertz CT molecular complexity index is 1060. The zero-order chi connectivity index (χ0) is 19.6. The minimum absolute atomic E-state index is 0.0323. The number of nitrogens with one attached hydrogen (secondary N) is 1. The summed E-state index contributed by atoms with van der Waals surface area (Å²) in [6.45, 7) is 3.58. The van der Waals surface area contributed by atoms with Crippen molar-refractivity contribution < 1.29 is 9.53 Å². The molecule has 0 radical (unpaired) electrons. The van der Waals surface area contributed by atoms with Gasteiger partial charge < -0.3 is 10.1 Å². The van der Waals surface area contributed by atoms with E-state index in [4.69, 9.17) is 16.3 Å². The predicted octanol–water partition coefficient (Wildman–Crippen LogP) is 3.25. The number of benzene rings is 2. The third-order valence-electron chi connectivity index (χ3n) is 4.02. The molecule has 0 aliphatic carbocycles. The van der Waals surface area contributed by atoms with Gasteiger partial charge in [-0.3, -0.25) is 14.2 Å². The largest absolute Gasteiger partial charge is 0.496 e. The van der Waals surface area contributed by atoms with E-state index in [9.17, 15) is 9.59 Å². The Kier molecular flexibility index (Phi) is 5.46. The van der Waals surface area contributed by atoms with Gasteiger partial charge in [0.25, 0.3) is 5.56 Å². The molecule has 0 saturated heterocycles. The monoisotopic (exact) mass is 385 g/mol. The van der Waals surface area contributed by atoms with E-state index in [1.165, 1.54) is 4.57 Å². The molecule has 3 aromatic rings. The Hall–Kier alpha value is -2.86. The molecule has 1 amide bonds. The Balaban J connectivity index is 2.27. The summed E-state index contributed by atoms with van der Waals surface area (Å²) in [7, 11) is 1.55. The van der Waals surface area contributed by atoms with E-state index in [0.29, 0.717) is 33.1 Å². The second kappa shape index (κ2) is 7.80. The van der Waals surface area contributed by atoms with E-state index in [0.717, 1.165) is 0 Å². The lowest BCUT2D eigenvalue weighted by Gasteiger charge is -2.16. The molecule has 0 unspecified atom stereocenters. The second-order valence-corrected chi connectivity index (χ2v) is 6.85. The Labute approximate surface area is 161 Å². The molecule has 3 rings (SSSR count). The van der Waals surface area contributed by atoms with Gasteiger partial charge in [-0.1, -0.05) is 23.7 Å². The maximum absolute atomic E-state index is 13.1. The van der Waals surface area contributed by atoms with Gasteiger partial charge in [0.05, 0.1) is 23.6 Å². The van der Waals surface area contributed by atoms with E-state index in [1.54, 1.807) is 37.4 Å². The van der Waals surface area contributed by atoms with Crippen molar-refractivity contribution in [1.29, 1.82) is 0 Å². The smallest absolute Gasteiger partial charge is 0.262 e. The number of hydrogen-bond acceptors (Lipinski definition) is 4. The van der Waals surface area contributed by atoms with Crippen molar-refractivity contribution in [3.63, 3.8) is 0 Å². The fourth-order valence-electron chi connectivity index (χ4n) is 2.89. The molecule has 27 heavy (non-hydrogen) atoms. The van der Waals surface area contributed by atoms with Crippen LogP contribution < -0.4 is 15.6 Å². The Morgan fingerprint density at radius 3 is 2.70 bits per heavy atom. The van der Waals surface area contributed by atoms with E-state index in [-0.39, 0.29) is 24.1 Å². The van der Waals surface area contributed by atoms with Crippen LogP contribution in [-0.2, 0) is 11.3 Å². The molecule has 0 spiro atoms. The highest BCUT2D eigenvalue weighted by molar-refractivity contribution is 6.31. The molecule has 2 aromatic carbocycles. The number of hydrogen-bond donors (Lipinski definition) is 1. The summed E-state index contributed by atoms with van der Waals surface area (Å²) in [6.07, 6.45) is 0. The third-order valence-corrected chi connectivity index (χ3v) is 4.25. The van der Waals surface area contributed by atoms with Crippen molar-refractivity contribution in [2.75, 3.05) is 7.11 Å². The molecule has 0 saturated carbocycles. The molecular formula is C20H20ClN3O3. The van der Waals surface area contributed by atoms with Crippen LogP contribution in [0.15, 0.2) is 47.3 Å². The van der Waals surface area contributed by atoms with Crippen molar-refractivity contribution in [3.05, 3.63) is 57.8 Å². The molecule has 140 valence electrons. The number of para-hydroxylation sites is 1. The number of methoxy groups -OCH3 is 1. The third kappa shape index (κ3) is 3.95. The van der Waals surface area contributed by atoms with Gasteiger partial charge in [0.15, 0.2) is 0 Å². The topological polar surface area (TPSA) is 73.2 Å². The standard InChI is InChI=1S/C20H20ClN3O3/c1-12(2)22-18(25)11-24-19(15-6-4-5-7-17(15)27-3)23-16-10-13(21)8-9-14(16)20(24)26/h4-10,12H,11H2,1-3H3,(H,22,25). The predicted molar refractivity (Wildman–Crippen MR) is 106 cm³/mol.